The highest BCUT2D eigenvalue weighted by Crippen LogP contribution is 2.26. The number of ether oxygens (including phenoxy) is 1. The van der Waals surface area contributed by atoms with Gasteiger partial charge in [-0.15, -0.1) is 0 Å². The van der Waals surface area contributed by atoms with Crippen LogP contribution in [0, 0.1) is 13.8 Å². The number of rotatable bonds is 4. The number of carbonyl (C=O) groups excluding carboxylic acids is 1. The van der Waals surface area contributed by atoms with Crippen LogP contribution in [0.15, 0.2) is 41.0 Å². The highest BCUT2D eigenvalue weighted by molar-refractivity contribution is 9.10. The zero-order valence-corrected chi connectivity index (χ0v) is 13.8. The Kier molecular flexibility index (Phi) is 4.96. The molecule has 0 spiro atoms. The maximum atomic E-state index is 12.1. The van der Waals surface area contributed by atoms with Gasteiger partial charge in [0, 0.05) is 17.6 Å². The van der Waals surface area contributed by atoms with Gasteiger partial charge in [0.25, 0.3) is 5.91 Å². The van der Waals surface area contributed by atoms with Gasteiger partial charge in [-0.3, -0.25) is 9.78 Å². The fraction of sp³-hybridized carbons (Fsp3) is 0.250. The van der Waals surface area contributed by atoms with Gasteiger partial charge < -0.3 is 10.1 Å². The summed E-state index contributed by atoms with van der Waals surface area (Å²) in [7, 11) is 0. The molecule has 0 aliphatic heterocycles. The molecule has 0 fully saturated rings. The summed E-state index contributed by atoms with van der Waals surface area (Å²) in [5.41, 5.74) is 2.69. The highest BCUT2D eigenvalue weighted by atomic mass is 79.9. The summed E-state index contributed by atoms with van der Waals surface area (Å²) in [5.74, 6) is 0.447. The van der Waals surface area contributed by atoms with Crippen LogP contribution < -0.4 is 10.1 Å². The molecule has 1 unspecified atom stereocenters. The van der Waals surface area contributed by atoms with Gasteiger partial charge in [0.2, 0.25) is 0 Å². The summed E-state index contributed by atoms with van der Waals surface area (Å²) in [6.45, 7) is 5.59. The number of nitrogens with one attached hydrogen (secondary N) is 1. The maximum Gasteiger partial charge on any atom is 0.265 e. The molecule has 1 aromatic heterocycles. The molecule has 5 heteroatoms. The first-order chi connectivity index (χ1) is 9.95. The Bertz CT molecular complexity index is 658. The summed E-state index contributed by atoms with van der Waals surface area (Å²) < 4.78 is 6.52. The van der Waals surface area contributed by atoms with E-state index in [1.165, 1.54) is 0 Å². The van der Waals surface area contributed by atoms with Gasteiger partial charge in [-0.25, -0.2) is 0 Å². The van der Waals surface area contributed by atoms with Gasteiger partial charge in [0.15, 0.2) is 6.10 Å². The van der Waals surface area contributed by atoms with Crippen molar-refractivity contribution < 1.29 is 9.53 Å². The average Bonchev–Trinajstić information content (AvgIpc) is 2.41. The molecule has 1 aromatic carbocycles. The van der Waals surface area contributed by atoms with Crippen molar-refractivity contribution in [2.24, 2.45) is 0 Å². The van der Waals surface area contributed by atoms with E-state index in [9.17, 15) is 4.79 Å². The molecule has 0 radical (unpaired) electrons. The summed E-state index contributed by atoms with van der Waals surface area (Å²) >= 11 is 3.44. The van der Waals surface area contributed by atoms with Crippen LogP contribution >= 0.6 is 15.9 Å². The molecule has 2 aromatic rings. The van der Waals surface area contributed by atoms with Gasteiger partial charge in [-0.05, 0) is 66.5 Å². The first-order valence-electron chi connectivity index (χ1n) is 6.62. The Labute approximate surface area is 132 Å². The molecule has 4 nitrogen and oxygen atoms in total. The molecule has 1 atom stereocenters. The molecule has 2 rings (SSSR count). The first kappa shape index (κ1) is 15.5. The van der Waals surface area contributed by atoms with E-state index in [2.05, 4.69) is 26.2 Å². The molecule has 0 saturated heterocycles. The zero-order valence-electron chi connectivity index (χ0n) is 12.2. The standard InChI is InChI=1S/C16H17BrN2O2/c1-10-4-5-15(14(17)8-10)21-12(3)16(20)19-13-6-7-18-11(2)9-13/h4-9,12H,1-3H3,(H,18,19,20). The predicted octanol–water partition coefficient (Wildman–Crippen LogP) is 3.87. The number of aryl methyl sites for hydroxylation is 2. The predicted molar refractivity (Wildman–Crippen MR) is 86.6 cm³/mol. The summed E-state index contributed by atoms with van der Waals surface area (Å²) in [5, 5.41) is 2.81. The van der Waals surface area contributed by atoms with E-state index >= 15 is 0 Å². The van der Waals surface area contributed by atoms with Crippen LogP contribution in [0.4, 0.5) is 5.69 Å². The summed E-state index contributed by atoms with van der Waals surface area (Å²) in [4.78, 5) is 16.2. The molecule has 1 heterocycles. The monoisotopic (exact) mass is 348 g/mol. The molecule has 0 aliphatic rings. The minimum Gasteiger partial charge on any atom is -0.480 e. The number of nitrogens with zero attached hydrogens (tertiary/aromatic N) is 1. The minimum absolute atomic E-state index is 0.201. The van der Waals surface area contributed by atoms with Crippen LogP contribution in [0.1, 0.15) is 18.2 Å². The first-order valence-corrected chi connectivity index (χ1v) is 7.41. The molecule has 1 amide bonds. The number of anilines is 1. The van der Waals surface area contributed by atoms with Crippen molar-refractivity contribution >= 4 is 27.5 Å². The molecule has 0 saturated carbocycles. The van der Waals surface area contributed by atoms with Crippen molar-refractivity contribution in [1.29, 1.82) is 0 Å². The molecule has 21 heavy (non-hydrogen) atoms. The third kappa shape index (κ3) is 4.29. The van der Waals surface area contributed by atoms with Crippen LogP contribution in [-0.4, -0.2) is 17.0 Å². The molecule has 0 aliphatic carbocycles. The number of aromatic nitrogens is 1. The van der Waals surface area contributed by atoms with Crippen molar-refractivity contribution in [2.75, 3.05) is 5.32 Å². The Morgan fingerprint density at radius 2 is 2.05 bits per heavy atom. The van der Waals surface area contributed by atoms with Gasteiger partial charge in [0.05, 0.1) is 4.47 Å². The second-order valence-corrected chi connectivity index (χ2v) is 5.72. The lowest BCUT2D eigenvalue weighted by atomic mass is 10.2. The molecular weight excluding hydrogens is 332 g/mol. The smallest absolute Gasteiger partial charge is 0.265 e. The summed E-state index contributed by atoms with van der Waals surface area (Å²) in [6.07, 6.45) is 1.06. The normalized spacial score (nSPS) is 11.8. The van der Waals surface area contributed by atoms with E-state index < -0.39 is 6.10 Å². The van der Waals surface area contributed by atoms with Gasteiger partial charge in [-0.1, -0.05) is 6.07 Å². The third-order valence-electron chi connectivity index (χ3n) is 2.92. The summed E-state index contributed by atoms with van der Waals surface area (Å²) in [6, 6.07) is 9.30. The molecule has 0 bridgehead atoms. The van der Waals surface area contributed by atoms with E-state index in [0.717, 1.165) is 15.7 Å². The largest absolute Gasteiger partial charge is 0.480 e. The molecule has 110 valence electrons. The van der Waals surface area contributed by atoms with E-state index in [-0.39, 0.29) is 5.91 Å². The van der Waals surface area contributed by atoms with Crippen LogP contribution in [-0.2, 0) is 4.79 Å². The van der Waals surface area contributed by atoms with Crippen LogP contribution in [0.25, 0.3) is 0 Å². The quantitative estimate of drug-likeness (QED) is 0.912. The minimum atomic E-state index is -0.600. The van der Waals surface area contributed by atoms with Gasteiger partial charge >= 0.3 is 0 Å². The van der Waals surface area contributed by atoms with E-state index in [1.54, 1.807) is 19.2 Å². The van der Waals surface area contributed by atoms with Crippen molar-refractivity contribution in [2.45, 2.75) is 26.9 Å². The highest BCUT2D eigenvalue weighted by Gasteiger charge is 2.16. The number of pyridine rings is 1. The maximum absolute atomic E-state index is 12.1. The lowest BCUT2D eigenvalue weighted by Crippen LogP contribution is -2.30. The van der Waals surface area contributed by atoms with Crippen LogP contribution in [0.5, 0.6) is 5.75 Å². The number of hydrogen-bond acceptors (Lipinski definition) is 3. The zero-order chi connectivity index (χ0) is 15.4. The topological polar surface area (TPSA) is 51.2 Å². The second-order valence-electron chi connectivity index (χ2n) is 4.87. The van der Waals surface area contributed by atoms with Gasteiger partial charge in [0.1, 0.15) is 5.75 Å². The van der Waals surface area contributed by atoms with E-state index in [1.807, 2.05) is 38.1 Å². The Balaban J connectivity index is 2.02. The van der Waals surface area contributed by atoms with Crippen molar-refractivity contribution in [1.82, 2.24) is 4.98 Å². The number of carbonyl (C=O) groups is 1. The Morgan fingerprint density at radius 1 is 1.29 bits per heavy atom. The van der Waals surface area contributed by atoms with E-state index in [0.29, 0.717) is 11.4 Å². The van der Waals surface area contributed by atoms with E-state index in [4.69, 9.17) is 4.74 Å². The van der Waals surface area contributed by atoms with Crippen LogP contribution in [0.2, 0.25) is 0 Å². The fourth-order valence-electron chi connectivity index (χ4n) is 1.81. The van der Waals surface area contributed by atoms with Crippen LogP contribution in [0.3, 0.4) is 0 Å². The lowest BCUT2D eigenvalue weighted by Gasteiger charge is -2.16. The number of hydrogen-bond donors (Lipinski definition) is 1. The van der Waals surface area contributed by atoms with Gasteiger partial charge in [-0.2, -0.15) is 0 Å². The third-order valence-corrected chi connectivity index (χ3v) is 3.54. The number of halogens is 1. The van der Waals surface area contributed by atoms with Crippen molar-refractivity contribution in [3.63, 3.8) is 0 Å². The Hall–Kier alpha value is -1.88. The molecule has 1 N–H and O–H groups in total. The lowest BCUT2D eigenvalue weighted by molar-refractivity contribution is -0.122. The number of benzene rings is 1. The second kappa shape index (κ2) is 6.72. The Morgan fingerprint density at radius 3 is 2.71 bits per heavy atom. The number of amides is 1. The van der Waals surface area contributed by atoms with Crippen molar-refractivity contribution in [3.05, 3.63) is 52.3 Å². The molecular formula is C16H17BrN2O2. The average molecular weight is 349 g/mol. The fourth-order valence-corrected chi connectivity index (χ4v) is 2.40. The van der Waals surface area contributed by atoms with Crippen molar-refractivity contribution in [3.8, 4) is 5.75 Å². The SMILES string of the molecule is Cc1ccc(OC(C)C(=O)Nc2ccnc(C)c2)c(Br)c1.